The van der Waals surface area contributed by atoms with E-state index in [1.807, 2.05) is 37.3 Å². The summed E-state index contributed by atoms with van der Waals surface area (Å²) in [5.74, 6) is -1.01. The molecular weight excluding hydrogens is 502 g/mol. The lowest BCUT2D eigenvalue weighted by Gasteiger charge is -2.28. The van der Waals surface area contributed by atoms with Gasteiger partial charge in [0.15, 0.2) is 0 Å². The number of Topliss-reactive ketones (excluding diaryl/α,β-unsaturated/α-hetero) is 1. The smallest absolute Gasteiger partial charge is 0.300 e. The van der Waals surface area contributed by atoms with Crippen LogP contribution in [0.1, 0.15) is 56.8 Å². The Hall–Kier alpha value is -3.77. The summed E-state index contributed by atoms with van der Waals surface area (Å²) >= 11 is 6.43. The summed E-state index contributed by atoms with van der Waals surface area (Å²) in [6.45, 7) is 8.77. The van der Waals surface area contributed by atoms with Crippen molar-refractivity contribution in [1.29, 1.82) is 0 Å². The highest BCUT2D eigenvalue weighted by atomic mass is 35.5. The van der Waals surface area contributed by atoms with Crippen LogP contribution >= 0.6 is 11.6 Å². The molecule has 1 aliphatic rings. The molecule has 1 saturated heterocycles. The third kappa shape index (κ3) is 5.14. The molecule has 0 aliphatic carbocycles. The van der Waals surface area contributed by atoms with E-state index in [2.05, 4.69) is 20.8 Å². The summed E-state index contributed by atoms with van der Waals surface area (Å²) < 4.78 is 11.2. The number of amides is 1. The Morgan fingerprint density at radius 1 is 1.03 bits per heavy atom. The quantitative estimate of drug-likeness (QED) is 0.200. The van der Waals surface area contributed by atoms with Crippen LogP contribution in [0.3, 0.4) is 0 Å². The molecule has 0 radical (unpaired) electrons. The van der Waals surface area contributed by atoms with Crippen molar-refractivity contribution in [2.45, 2.75) is 45.6 Å². The number of aliphatic hydroxyl groups excluding tert-OH is 1. The molecule has 6 nitrogen and oxygen atoms in total. The van der Waals surface area contributed by atoms with Crippen LogP contribution < -0.4 is 14.4 Å². The van der Waals surface area contributed by atoms with Crippen LogP contribution in [0.25, 0.3) is 5.76 Å². The van der Waals surface area contributed by atoms with Crippen LogP contribution in [0.15, 0.2) is 72.3 Å². The lowest BCUT2D eigenvalue weighted by molar-refractivity contribution is -0.132. The highest BCUT2D eigenvalue weighted by molar-refractivity contribution is 6.52. The average molecular weight is 534 g/mol. The van der Waals surface area contributed by atoms with Crippen LogP contribution in [0.4, 0.5) is 5.69 Å². The molecule has 38 heavy (non-hydrogen) atoms. The second-order valence-corrected chi connectivity index (χ2v) is 10.6. The second-order valence-electron chi connectivity index (χ2n) is 10.2. The van der Waals surface area contributed by atoms with Crippen molar-refractivity contribution in [2.24, 2.45) is 0 Å². The molecule has 1 heterocycles. The number of carbonyl (C=O) groups excluding carboxylic acids is 2. The molecule has 1 unspecified atom stereocenters. The fourth-order valence-electron chi connectivity index (χ4n) is 4.51. The summed E-state index contributed by atoms with van der Waals surface area (Å²) in [6, 6.07) is 18.7. The van der Waals surface area contributed by atoms with Crippen molar-refractivity contribution in [3.05, 3.63) is 94.0 Å². The molecule has 1 aliphatic heterocycles. The normalized spacial score (nSPS) is 17.1. The van der Waals surface area contributed by atoms with Gasteiger partial charge in [-0.2, -0.15) is 0 Å². The maximum absolute atomic E-state index is 13.6. The first-order valence-corrected chi connectivity index (χ1v) is 12.9. The third-order valence-electron chi connectivity index (χ3n) is 6.55. The molecule has 1 N–H and O–H groups in total. The first-order chi connectivity index (χ1) is 18.1. The van der Waals surface area contributed by atoms with Gasteiger partial charge in [0.2, 0.25) is 0 Å². The van der Waals surface area contributed by atoms with Crippen LogP contribution in [0.5, 0.6) is 11.5 Å². The number of aliphatic hydroxyl groups is 1. The number of hydrogen-bond acceptors (Lipinski definition) is 5. The fourth-order valence-corrected chi connectivity index (χ4v) is 4.72. The van der Waals surface area contributed by atoms with Gasteiger partial charge in [0, 0.05) is 5.56 Å². The molecule has 198 valence electrons. The molecule has 0 spiro atoms. The van der Waals surface area contributed by atoms with E-state index >= 15 is 0 Å². The predicted molar refractivity (Wildman–Crippen MR) is 150 cm³/mol. The molecule has 3 aromatic carbocycles. The van der Waals surface area contributed by atoms with Crippen LogP contribution in [-0.2, 0) is 15.0 Å². The van der Waals surface area contributed by atoms with E-state index in [0.717, 1.165) is 12.0 Å². The summed E-state index contributed by atoms with van der Waals surface area (Å²) in [5.41, 5.74) is 2.28. The van der Waals surface area contributed by atoms with Gasteiger partial charge < -0.3 is 14.6 Å². The number of halogens is 1. The maximum atomic E-state index is 13.6. The minimum absolute atomic E-state index is 0.0565. The van der Waals surface area contributed by atoms with E-state index in [1.54, 1.807) is 36.4 Å². The number of nitrogens with zero attached hydrogens (tertiary/aromatic N) is 1. The lowest BCUT2D eigenvalue weighted by Crippen LogP contribution is -2.30. The van der Waals surface area contributed by atoms with Crippen molar-refractivity contribution in [1.82, 2.24) is 0 Å². The van der Waals surface area contributed by atoms with Crippen molar-refractivity contribution in [3.8, 4) is 11.5 Å². The van der Waals surface area contributed by atoms with Crippen molar-refractivity contribution in [3.63, 3.8) is 0 Å². The van der Waals surface area contributed by atoms with E-state index in [4.69, 9.17) is 21.1 Å². The number of para-hydroxylation sites is 2. The monoisotopic (exact) mass is 533 g/mol. The number of ether oxygens (including phenoxy) is 2. The molecule has 1 atom stereocenters. The topological polar surface area (TPSA) is 76.1 Å². The summed E-state index contributed by atoms with van der Waals surface area (Å²) in [4.78, 5) is 28.6. The highest BCUT2D eigenvalue weighted by Crippen LogP contribution is 2.46. The number of ketones is 1. The molecule has 0 saturated carbocycles. The maximum Gasteiger partial charge on any atom is 0.300 e. The van der Waals surface area contributed by atoms with Crippen molar-refractivity contribution >= 4 is 34.7 Å². The lowest BCUT2D eigenvalue weighted by atomic mass is 9.85. The summed E-state index contributed by atoms with van der Waals surface area (Å²) in [7, 11) is 1.50. The van der Waals surface area contributed by atoms with Gasteiger partial charge in [-0.15, -0.1) is 0 Å². The number of hydrogen-bond donors (Lipinski definition) is 1. The number of benzene rings is 3. The standard InChI is InChI=1S/C31H32ClNO5/c1-6-17-38-25-10-8-7-9-24(25)33-27(19-11-13-20(14-12-19)31(2,3)4)26(29(35)30(33)36)28(34)22-18-21(37-5)15-16-23(22)32/h7-16,18,27,34H,6,17H2,1-5H3/b28-26+. The van der Waals surface area contributed by atoms with Gasteiger partial charge in [0.1, 0.15) is 17.3 Å². The average Bonchev–Trinajstić information content (AvgIpc) is 3.17. The zero-order chi connectivity index (χ0) is 27.6. The van der Waals surface area contributed by atoms with Gasteiger partial charge in [0.25, 0.3) is 11.7 Å². The van der Waals surface area contributed by atoms with Gasteiger partial charge in [-0.25, -0.2) is 0 Å². The number of anilines is 1. The largest absolute Gasteiger partial charge is 0.507 e. The molecule has 7 heteroatoms. The molecule has 4 rings (SSSR count). The molecule has 1 fully saturated rings. The van der Waals surface area contributed by atoms with E-state index < -0.39 is 17.7 Å². The van der Waals surface area contributed by atoms with Crippen LogP contribution in [-0.4, -0.2) is 30.5 Å². The summed E-state index contributed by atoms with van der Waals surface area (Å²) in [6.07, 6.45) is 0.777. The number of methoxy groups -OCH3 is 1. The van der Waals surface area contributed by atoms with E-state index in [-0.39, 0.29) is 27.3 Å². The zero-order valence-corrected chi connectivity index (χ0v) is 23.0. The van der Waals surface area contributed by atoms with E-state index in [1.165, 1.54) is 12.0 Å². The molecule has 0 aromatic heterocycles. The Morgan fingerprint density at radius 3 is 2.34 bits per heavy atom. The van der Waals surface area contributed by atoms with Gasteiger partial charge in [-0.1, -0.05) is 75.7 Å². The molecular formula is C31H32ClNO5. The minimum atomic E-state index is -0.905. The van der Waals surface area contributed by atoms with Crippen molar-refractivity contribution in [2.75, 3.05) is 18.6 Å². The van der Waals surface area contributed by atoms with Gasteiger partial charge in [0.05, 0.1) is 36.0 Å². The Balaban J connectivity index is 1.97. The zero-order valence-electron chi connectivity index (χ0n) is 22.2. The third-order valence-corrected chi connectivity index (χ3v) is 6.88. The Kier molecular flexibility index (Phi) is 7.83. The highest BCUT2D eigenvalue weighted by Gasteiger charge is 2.48. The fraction of sp³-hybridized carbons (Fsp3) is 0.290. The van der Waals surface area contributed by atoms with E-state index in [9.17, 15) is 14.7 Å². The van der Waals surface area contributed by atoms with Gasteiger partial charge >= 0.3 is 0 Å². The van der Waals surface area contributed by atoms with Gasteiger partial charge in [-0.3, -0.25) is 14.5 Å². The summed E-state index contributed by atoms with van der Waals surface area (Å²) in [5, 5.41) is 11.7. The van der Waals surface area contributed by atoms with Crippen LogP contribution in [0.2, 0.25) is 5.02 Å². The predicted octanol–water partition coefficient (Wildman–Crippen LogP) is 7.06. The van der Waals surface area contributed by atoms with Crippen molar-refractivity contribution < 1.29 is 24.2 Å². The Labute approximate surface area is 228 Å². The molecule has 1 amide bonds. The first kappa shape index (κ1) is 27.3. The second kappa shape index (κ2) is 10.9. The number of carbonyl (C=O) groups is 2. The Morgan fingerprint density at radius 2 is 1.71 bits per heavy atom. The SMILES string of the molecule is CCCOc1ccccc1N1C(=O)C(=O)/C(=C(/O)c2cc(OC)ccc2Cl)C1c1ccc(C(C)(C)C)cc1. The minimum Gasteiger partial charge on any atom is -0.507 e. The first-order valence-electron chi connectivity index (χ1n) is 12.6. The van der Waals surface area contributed by atoms with Gasteiger partial charge in [-0.05, 0) is 53.3 Å². The Bertz CT molecular complexity index is 1390. The number of rotatable bonds is 7. The molecule has 0 bridgehead atoms. The molecule has 3 aromatic rings. The van der Waals surface area contributed by atoms with Crippen LogP contribution in [0, 0.1) is 0 Å². The van der Waals surface area contributed by atoms with E-state index in [0.29, 0.717) is 29.4 Å².